The molecule has 0 unspecified atom stereocenters. The van der Waals surface area contributed by atoms with Gasteiger partial charge >= 0.3 is 0 Å². The van der Waals surface area contributed by atoms with Crippen LogP contribution in [0.4, 0.5) is 0 Å². The molecule has 1 fully saturated rings. The molecule has 1 aliphatic heterocycles. The number of rotatable bonds is 0. The van der Waals surface area contributed by atoms with Crippen LogP contribution in [-0.4, -0.2) is 19.4 Å². The molecule has 1 rings (SSSR count). The van der Waals surface area contributed by atoms with Crippen LogP contribution in [0.15, 0.2) is 0 Å². The van der Waals surface area contributed by atoms with Gasteiger partial charge in [0.15, 0.2) is 19.4 Å². The molecule has 3 heteroatoms. The first-order valence-corrected chi connectivity index (χ1v) is 2.56. The average Bonchev–Trinajstić information content (AvgIpc) is 1.65. The molecule has 0 saturated carbocycles. The standard InChI is InChI=1S/C5H10O3/c1-5(2)7-3-6-4-8-5/h3-4H2,1-2H3. The van der Waals surface area contributed by atoms with Gasteiger partial charge in [0.25, 0.3) is 0 Å². The predicted octanol–water partition coefficient (Wildman–Crippen LogP) is 0.701. The lowest BCUT2D eigenvalue weighted by molar-refractivity contribution is -0.344. The van der Waals surface area contributed by atoms with Gasteiger partial charge < -0.3 is 14.2 Å². The number of hydrogen-bond acceptors (Lipinski definition) is 3. The monoisotopic (exact) mass is 118 g/mol. The van der Waals surface area contributed by atoms with Crippen molar-refractivity contribution in [2.24, 2.45) is 0 Å². The molecule has 0 atom stereocenters. The number of ether oxygens (including phenoxy) is 3. The first kappa shape index (κ1) is 6.01. The Kier molecular flexibility index (Phi) is 1.51. The summed E-state index contributed by atoms with van der Waals surface area (Å²) < 4.78 is 14.8. The largest absolute Gasteiger partial charge is 0.329 e. The zero-order chi connectivity index (χ0) is 6.04. The zero-order valence-electron chi connectivity index (χ0n) is 5.14. The third kappa shape index (κ3) is 1.43. The molecule has 0 spiro atoms. The van der Waals surface area contributed by atoms with Crippen molar-refractivity contribution in [3.8, 4) is 0 Å². The van der Waals surface area contributed by atoms with Crippen LogP contribution in [-0.2, 0) is 14.2 Å². The molecule has 1 aliphatic rings. The summed E-state index contributed by atoms with van der Waals surface area (Å²) in [5, 5.41) is 0. The highest BCUT2D eigenvalue weighted by Crippen LogP contribution is 2.14. The van der Waals surface area contributed by atoms with Crippen LogP contribution in [0.25, 0.3) is 0 Å². The van der Waals surface area contributed by atoms with Gasteiger partial charge in [-0.1, -0.05) is 0 Å². The van der Waals surface area contributed by atoms with E-state index in [0.717, 1.165) is 0 Å². The van der Waals surface area contributed by atoms with E-state index < -0.39 is 5.79 Å². The minimum Gasteiger partial charge on any atom is -0.329 e. The summed E-state index contributed by atoms with van der Waals surface area (Å²) in [5.74, 6) is -0.446. The highest BCUT2D eigenvalue weighted by molar-refractivity contribution is 4.51. The van der Waals surface area contributed by atoms with Gasteiger partial charge in [-0.25, -0.2) is 0 Å². The molecule has 0 aromatic rings. The Morgan fingerprint density at radius 3 is 1.88 bits per heavy atom. The second kappa shape index (κ2) is 2.01. The first-order chi connectivity index (χ1) is 3.71. The van der Waals surface area contributed by atoms with Crippen molar-refractivity contribution >= 4 is 0 Å². The molecular formula is C5H10O3. The first-order valence-electron chi connectivity index (χ1n) is 2.56. The van der Waals surface area contributed by atoms with E-state index in [-0.39, 0.29) is 0 Å². The van der Waals surface area contributed by atoms with Crippen LogP contribution in [0.5, 0.6) is 0 Å². The van der Waals surface area contributed by atoms with Gasteiger partial charge in [0.05, 0.1) is 0 Å². The minimum atomic E-state index is -0.446. The van der Waals surface area contributed by atoms with Gasteiger partial charge in [0.2, 0.25) is 0 Å². The van der Waals surface area contributed by atoms with Crippen molar-refractivity contribution in [3.63, 3.8) is 0 Å². The van der Waals surface area contributed by atoms with Crippen LogP contribution >= 0.6 is 0 Å². The molecule has 0 aromatic carbocycles. The van der Waals surface area contributed by atoms with Crippen LogP contribution in [0.3, 0.4) is 0 Å². The third-order valence-corrected chi connectivity index (χ3v) is 0.980. The van der Waals surface area contributed by atoms with Gasteiger partial charge in [0, 0.05) is 0 Å². The lowest BCUT2D eigenvalue weighted by Gasteiger charge is -2.29. The van der Waals surface area contributed by atoms with Crippen LogP contribution in [0.1, 0.15) is 13.8 Å². The van der Waals surface area contributed by atoms with E-state index in [1.807, 2.05) is 13.8 Å². The van der Waals surface area contributed by atoms with Crippen molar-refractivity contribution in [1.82, 2.24) is 0 Å². The molecule has 0 radical (unpaired) electrons. The van der Waals surface area contributed by atoms with E-state index in [2.05, 4.69) is 0 Å². The van der Waals surface area contributed by atoms with E-state index in [0.29, 0.717) is 13.6 Å². The average molecular weight is 118 g/mol. The van der Waals surface area contributed by atoms with E-state index in [4.69, 9.17) is 14.2 Å². The van der Waals surface area contributed by atoms with Gasteiger partial charge in [-0.2, -0.15) is 0 Å². The van der Waals surface area contributed by atoms with E-state index in [1.54, 1.807) is 0 Å². The van der Waals surface area contributed by atoms with Crippen molar-refractivity contribution in [2.75, 3.05) is 13.6 Å². The predicted molar refractivity (Wildman–Crippen MR) is 27.1 cm³/mol. The molecule has 0 aromatic heterocycles. The van der Waals surface area contributed by atoms with Gasteiger partial charge in [0.1, 0.15) is 0 Å². The fraction of sp³-hybridized carbons (Fsp3) is 1.00. The van der Waals surface area contributed by atoms with Gasteiger partial charge in [-0.05, 0) is 13.8 Å². The molecule has 1 saturated heterocycles. The summed E-state index contributed by atoms with van der Waals surface area (Å²) in [6, 6.07) is 0. The summed E-state index contributed by atoms with van der Waals surface area (Å²) in [4.78, 5) is 0. The second-order valence-corrected chi connectivity index (χ2v) is 2.13. The maximum absolute atomic E-state index is 5.02. The normalized spacial score (nSPS) is 27.8. The van der Waals surface area contributed by atoms with Crippen LogP contribution < -0.4 is 0 Å². The van der Waals surface area contributed by atoms with Crippen molar-refractivity contribution < 1.29 is 14.2 Å². The Hall–Kier alpha value is -0.120. The third-order valence-electron chi connectivity index (χ3n) is 0.980. The van der Waals surface area contributed by atoms with Gasteiger partial charge in [-0.15, -0.1) is 0 Å². The Morgan fingerprint density at radius 2 is 1.62 bits per heavy atom. The second-order valence-electron chi connectivity index (χ2n) is 2.13. The van der Waals surface area contributed by atoms with Crippen LogP contribution in [0.2, 0.25) is 0 Å². The smallest absolute Gasteiger partial charge is 0.168 e. The molecule has 0 amide bonds. The summed E-state index contributed by atoms with van der Waals surface area (Å²) in [6.07, 6.45) is 0. The summed E-state index contributed by atoms with van der Waals surface area (Å²) in [7, 11) is 0. The van der Waals surface area contributed by atoms with Gasteiger partial charge in [-0.3, -0.25) is 0 Å². The SMILES string of the molecule is CC1(C)OCOCO1. The fourth-order valence-electron chi connectivity index (χ4n) is 0.443. The summed E-state index contributed by atoms with van der Waals surface area (Å²) in [5.41, 5.74) is 0. The molecule has 3 nitrogen and oxygen atoms in total. The quantitative estimate of drug-likeness (QED) is 0.468. The Morgan fingerprint density at radius 1 is 1.12 bits per heavy atom. The lowest BCUT2D eigenvalue weighted by atomic mass is 10.4. The fourth-order valence-corrected chi connectivity index (χ4v) is 0.443. The molecule has 0 bridgehead atoms. The molecule has 8 heavy (non-hydrogen) atoms. The maximum Gasteiger partial charge on any atom is 0.168 e. The molecule has 0 N–H and O–H groups in total. The summed E-state index contributed by atoms with van der Waals surface area (Å²) >= 11 is 0. The molecular weight excluding hydrogens is 108 g/mol. The Balaban J connectivity index is 2.33. The summed E-state index contributed by atoms with van der Waals surface area (Å²) in [6.45, 7) is 4.39. The van der Waals surface area contributed by atoms with E-state index in [9.17, 15) is 0 Å². The van der Waals surface area contributed by atoms with Crippen molar-refractivity contribution in [1.29, 1.82) is 0 Å². The minimum absolute atomic E-state index is 0.340. The highest BCUT2D eigenvalue weighted by atomic mass is 16.9. The molecule has 48 valence electrons. The Bertz CT molecular complexity index is 71.7. The van der Waals surface area contributed by atoms with E-state index in [1.165, 1.54) is 0 Å². The molecule has 0 aliphatic carbocycles. The highest BCUT2D eigenvalue weighted by Gasteiger charge is 2.22. The topological polar surface area (TPSA) is 27.7 Å². The number of hydrogen-bond donors (Lipinski definition) is 0. The van der Waals surface area contributed by atoms with E-state index >= 15 is 0 Å². The Labute approximate surface area is 48.5 Å². The lowest BCUT2D eigenvalue weighted by Crippen LogP contribution is -2.35. The molecule has 1 heterocycles. The maximum atomic E-state index is 5.02. The zero-order valence-corrected chi connectivity index (χ0v) is 5.14. The van der Waals surface area contributed by atoms with Crippen molar-refractivity contribution in [3.05, 3.63) is 0 Å². The van der Waals surface area contributed by atoms with Crippen molar-refractivity contribution in [2.45, 2.75) is 19.6 Å². The van der Waals surface area contributed by atoms with Crippen LogP contribution in [0, 0.1) is 0 Å².